The number of nitrogens with one attached hydrogen (secondary N) is 2. The lowest BCUT2D eigenvalue weighted by Crippen LogP contribution is -2.50. The smallest absolute Gasteiger partial charge is 0.228 e. The van der Waals surface area contributed by atoms with E-state index in [2.05, 4.69) is 26.5 Å². The molecule has 3 aromatic rings. The van der Waals surface area contributed by atoms with Gasteiger partial charge >= 0.3 is 0 Å². The molecule has 1 saturated carbocycles. The van der Waals surface area contributed by atoms with Crippen molar-refractivity contribution in [1.82, 2.24) is 24.5 Å². The maximum absolute atomic E-state index is 12.7. The first-order valence-corrected chi connectivity index (χ1v) is 13.1. The van der Waals surface area contributed by atoms with Crippen LogP contribution in [0.1, 0.15) is 44.7 Å². The largest absolute Gasteiger partial charge is 0.335 e. The maximum atomic E-state index is 12.7. The Labute approximate surface area is 184 Å². The highest BCUT2D eigenvalue weighted by Crippen LogP contribution is 2.41. The molecule has 2 bridgehead atoms. The zero-order chi connectivity index (χ0) is 21.3. The van der Waals surface area contributed by atoms with Crippen LogP contribution in [0.4, 0.5) is 17.6 Å². The molecule has 3 aliphatic rings. The van der Waals surface area contributed by atoms with E-state index in [9.17, 15) is 8.42 Å². The number of nitrogens with zero attached hydrogens (tertiary/aromatic N) is 5. The van der Waals surface area contributed by atoms with Crippen molar-refractivity contribution >= 4 is 49.2 Å². The molecular formula is C20H25N7O2S2. The van der Waals surface area contributed by atoms with Gasteiger partial charge in [-0.25, -0.2) is 13.4 Å². The molecule has 6 rings (SSSR count). The van der Waals surface area contributed by atoms with E-state index in [4.69, 9.17) is 9.97 Å². The Balaban J connectivity index is 1.29. The van der Waals surface area contributed by atoms with Crippen LogP contribution in [-0.4, -0.2) is 63.3 Å². The summed E-state index contributed by atoms with van der Waals surface area (Å²) in [5.74, 6) is 2.77. The summed E-state index contributed by atoms with van der Waals surface area (Å²) in [6.07, 6.45) is 3.26. The second kappa shape index (κ2) is 6.88. The summed E-state index contributed by atoms with van der Waals surface area (Å²) in [6, 6.07) is 4.16. The maximum Gasteiger partial charge on any atom is 0.228 e. The molecule has 5 heterocycles. The van der Waals surface area contributed by atoms with E-state index in [0.717, 1.165) is 28.3 Å². The first-order valence-electron chi connectivity index (χ1n) is 10.7. The lowest BCUT2D eigenvalue weighted by Gasteiger charge is -2.34. The van der Waals surface area contributed by atoms with Crippen LogP contribution in [0.15, 0.2) is 17.5 Å². The zero-order valence-electron chi connectivity index (χ0n) is 17.4. The van der Waals surface area contributed by atoms with Crippen LogP contribution >= 0.6 is 11.3 Å². The molecule has 11 heteroatoms. The van der Waals surface area contributed by atoms with Gasteiger partial charge in [-0.15, -0.1) is 11.3 Å². The van der Waals surface area contributed by atoms with Gasteiger partial charge < -0.3 is 10.2 Å². The molecule has 0 amide bonds. The summed E-state index contributed by atoms with van der Waals surface area (Å²) in [5.41, 5.74) is 2.06. The average molecular weight is 460 g/mol. The minimum atomic E-state index is -3.24. The molecule has 3 aromatic heterocycles. The van der Waals surface area contributed by atoms with Crippen molar-refractivity contribution in [3.05, 3.63) is 23.2 Å². The van der Waals surface area contributed by atoms with Gasteiger partial charge in [-0.1, -0.05) is 0 Å². The minimum Gasteiger partial charge on any atom is -0.335 e. The average Bonchev–Trinajstić information content (AvgIpc) is 3.14. The number of hydrogen-bond acceptors (Lipinski definition) is 8. The Morgan fingerprint density at radius 3 is 2.77 bits per heavy atom. The molecule has 2 N–H and O–H groups in total. The third-order valence-corrected chi connectivity index (χ3v) is 9.73. The van der Waals surface area contributed by atoms with Crippen molar-refractivity contribution in [2.45, 2.75) is 56.4 Å². The molecule has 2 atom stereocenters. The molecule has 9 nitrogen and oxygen atoms in total. The van der Waals surface area contributed by atoms with E-state index in [-0.39, 0.29) is 12.1 Å². The molecule has 2 saturated heterocycles. The van der Waals surface area contributed by atoms with Crippen LogP contribution in [-0.2, 0) is 10.0 Å². The number of piperazine rings is 1. The third-order valence-electron chi connectivity index (χ3n) is 6.52. The van der Waals surface area contributed by atoms with E-state index >= 15 is 0 Å². The van der Waals surface area contributed by atoms with Gasteiger partial charge in [0.2, 0.25) is 16.0 Å². The molecule has 3 fully saturated rings. The standard InChI is InChI=1S/C20H25N7O2S2/c1-11(2)31(28,29)27-10-13-7-14(27)9-26(13)20-21-15-5-6-30-18(15)19(23-20)22-17-8-16(24-25-17)12-3-4-12/h5-6,8,11-14H,3-4,7,9-10H2,1-2H3,(H2,21,22,23,24,25)/t13-,14-/m0/s1. The van der Waals surface area contributed by atoms with Gasteiger partial charge in [-0.05, 0) is 44.6 Å². The zero-order valence-corrected chi connectivity index (χ0v) is 19.1. The van der Waals surface area contributed by atoms with Crippen LogP contribution < -0.4 is 10.2 Å². The summed E-state index contributed by atoms with van der Waals surface area (Å²) in [5, 5.41) is 12.5. The predicted molar refractivity (Wildman–Crippen MR) is 122 cm³/mol. The fourth-order valence-electron chi connectivity index (χ4n) is 4.65. The lowest BCUT2D eigenvalue weighted by molar-refractivity contribution is 0.363. The van der Waals surface area contributed by atoms with Crippen LogP contribution in [0.2, 0.25) is 0 Å². The molecule has 0 radical (unpaired) electrons. The van der Waals surface area contributed by atoms with Gasteiger partial charge in [0.15, 0.2) is 11.6 Å². The Hall–Kier alpha value is -2.24. The van der Waals surface area contributed by atoms with E-state index in [1.807, 2.05) is 11.4 Å². The monoisotopic (exact) mass is 459 g/mol. The SMILES string of the molecule is CC(C)S(=O)(=O)N1C[C@@H]2C[C@H]1CN2c1nc(Nc2cc(C3CC3)[nH]n2)c2sccc2n1. The van der Waals surface area contributed by atoms with E-state index < -0.39 is 15.3 Å². The quantitative estimate of drug-likeness (QED) is 0.583. The summed E-state index contributed by atoms with van der Waals surface area (Å²) in [6.45, 7) is 4.62. The van der Waals surface area contributed by atoms with Crippen LogP contribution in [0.3, 0.4) is 0 Å². The summed E-state index contributed by atoms with van der Waals surface area (Å²) < 4.78 is 28.0. The molecular weight excluding hydrogens is 434 g/mol. The Bertz CT molecular complexity index is 1250. The molecule has 0 unspecified atom stereocenters. The Kier molecular flexibility index (Phi) is 4.31. The van der Waals surface area contributed by atoms with Gasteiger partial charge in [0.1, 0.15) is 0 Å². The molecule has 164 valence electrons. The number of sulfonamides is 1. The van der Waals surface area contributed by atoms with Crippen molar-refractivity contribution < 1.29 is 8.42 Å². The molecule has 2 aliphatic heterocycles. The number of hydrogen-bond donors (Lipinski definition) is 2. The highest BCUT2D eigenvalue weighted by Gasteiger charge is 2.49. The first kappa shape index (κ1) is 19.4. The number of thiophene rings is 1. The van der Waals surface area contributed by atoms with Gasteiger partial charge in [-0.2, -0.15) is 14.4 Å². The molecule has 0 aromatic carbocycles. The third kappa shape index (κ3) is 3.21. The van der Waals surface area contributed by atoms with Gasteiger partial charge in [0.25, 0.3) is 0 Å². The van der Waals surface area contributed by atoms with Crippen LogP contribution in [0.25, 0.3) is 10.2 Å². The molecule has 0 spiro atoms. The van der Waals surface area contributed by atoms with E-state index in [1.165, 1.54) is 18.5 Å². The van der Waals surface area contributed by atoms with Crippen molar-refractivity contribution in [2.75, 3.05) is 23.3 Å². The second-order valence-corrected chi connectivity index (χ2v) is 12.3. The number of anilines is 3. The highest BCUT2D eigenvalue weighted by molar-refractivity contribution is 7.89. The van der Waals surface area contributed by atoms with Gasteiger partial charge in [0.05, 0.1) is 15.5 Å². The van der Waals surface area contributed by atoms with Crippen molar-refractivity contribution in [1.29, 1.82) is 0 Å². The van der Waals surface area contributed by atoms with Gasteiger partial charge in [0, 0.05) is 42.9 Å². The van der Waals surface area contributed by atoms with Crippen LogP contribution in [0.5, 0.6) is 0 Å². The normalized spacial score (nSPS) is 24.0. The highest BCUT2D eigenvalue weighted by atomic mass is 32.2. The Morgan fingerprint density at radius 1 is 1.23 bits per heavy atom. The second-order valence-electron chi connectivity index (χ2n) is 8.97. The first-order chi connectivity index (χ1) is 14.9. The fourth-order valence-corrected chi connectivity index (χ4v) is 6.91. The summed E-state index contributed by atoms with van der Waals surface area (Å²) in [7, 11) is -3.24. The van der Waals surface area contributed by atoms with Crippen molar-refractivity contribution in [3.63, 3.8) is 0 Å². The van der Waals surface area contributed by atoms with Crippen molar-refractivity contribution in [3.8, 4) is 0 Å². The van der Waals surface area contributed by atoms with Crippen LogP contribution in [0, 0.1) is 0 Å². The topological polar surface area (TPSA) is 107 Å². The van der Waals surface area contributed by atoms with Gasteiger partial charge in [-0.3, -0.25) is 5.10 Å². The minimum absolute atomic E-state index is 0.0111. The number of aromatic amines is 1. The molecule has 31 heavy (non-hydrogen) atoms. The summed E-state index contributed by atoms with van der Waals surface area (Å²) >= 11 is 1.60. The molecule has 1 aliphatic carbocycles. The number of aromatic nitrogens is 4. The Morgan fingerprint density at radius 2 is 2.06 bits per heavy atom. The van der Waals surface area contributed by atoms with Crippen molar-refractivity contribution in [2.24, 2.45) is 0 Å². The van der Waals surface area contributed by atoms with E-state index in [0.29, 0.717) is 25.0 Å². The number of rotatable bonds is 6. The lowest BCUT2D eigenvalue weighted by atomic mass is 10.2. The number of H-pyrrole nitrogens is 1. The number of fused-ring (bicyclic) bond motifs is 3. The predicted octanol–water partition coefficient (Wildman–Crippen LogP) is 3.04. The summed E-state index contributed by atoms with van der Waals surface area (Å²) in [4.78, 5) is 11.8. The fraction of sp³-hybridized carbons (Fsp3) is 0.550. The van der Waals surface area contributed by atoms with E-state index in [1.54, 1.807) is 29.5 Å².